The van der Waals surface area contributed by atoms with Crippen molar-refractivity contribution in [2.75, 3.05) is 11.1 Å². The molecular weight excluding hydrogens is 342 g/mol. The number of benzene rings is 1. The van der Waals surface area contributed by atoms with E-state index in [0.717, 1.165) is 4.47 Å². The van der Waals surface area contributed by atoms with Crippen LogP contribution in [0.3, 0.4) is 0 Å². The van der Waals surface area contributed by atoms with E-state index in [1.54, 1.807) is 13.0 Å². The van der Waals surface area contributed by atoms with Crippen LogP contribution in [-0.2, 0) is 4.79 Å². The molecule has 0 aliphatic heterocycles. The molecule has 5 nitrogen and oxygen atoms in total. The van der Waals surface area contributed by atoms with Crippen molar-refractivity contribution in [3.05, 3.63) is 50.9 Å². The van der Waals surface area contributed by atoms with E-state index in [1.165, 1.54) is 17.8 Å². The van der Waals surface area contributed by atoms with Gasteiger partial charge in [0.1, 0.15) is 0 Å². The fraction of sp³-hybridized carbons (Fsp3) is 0.154. The van der Waals surface area contributed by atoms with Crippen LogP contribution in [0.1, 0.15) is 5.69 Å². The summed E-state index contributed by atoms with van der Waals surface area (Å²) in [7, 11) is 0. The molecule has 1 heterocycles. The van der Waals surface area contributed by atoms with Crippen LogP contribution in [0.5, 0.6) is 0 Å². The van der Waals surface area contributed by atoms with Gasteiger partial charge < -0.3 is 10.3 Å². The first-order valence-electron chi connectivity index (χ1n) is 5.80. The fourth-order valence-corrected chi connectivity index (χ4v) is 2.61. The third-order valence-electron chi connectivity index (χ3n) is 2.34. The number of carbonyl (C=O) groups is 1. The number of nitrogens with one attached hydrogen (secondary N) is 2. The average Bonchev–Trinajstić information content (AvgIpc) is 2.38. The average molecular weight is 354 g/mol. The van der Waals surface area contributed by atoms with Crippen molar-refractivity contribution in [2.24, 2.45) is 0 Å². The van der Waals surface area contributed by atoms with Gasteiger partial charge in [0.05, 0.1) is 11.4 Å². The molecule has 0 aliphatic carbocycles. The lowest BCUT2D eigenvalue weighted by molar-refractivity contribution is -0.113. The maximum absolute atomic E-state index is 11.8. The molecule has 0 unspecified atom stereocenters. The number of H-pyrrole nitrogens is 1. The Bertz CT molecular complexity index is 687. The van der Waals surface area contributed by atoms with E-state index in [4.69, 9.17) is 0 Å². The van der Waals surface area contributed by atoms with Gasteiger partial charge in [0.25, 0.3) is 5.56 Å². The third kappa shape index (κ3) is 4.21. The minimum atomic E-state index is -0.216. The molecule has 0 aliphatic rings. The van der Waals surface area contributed by atoms with Crippen molar-refractivity contribution in [1.82, 2.24) is 9.97 Å². The SMILES string of the molecule is Cc1cc(=O)[nH]c(SCC(=O)Nc2ccccc2Br)n1. The Morgan fingerprint density at radius 3 is 2.90 bits per heavy atom. The Kier molecular flexibility index (Phi) is 4.97. The van der Waals surface area contributed by atoms with Crippen LogP contribution in [0.25, 0.3) is 0 Å². The van der Waals surface area contributed by atoms with E-state index in [1.807, 2.05) is 18.2 Å². The number of rotatable bonds is 4. The molecule has 2 N–H and O–H groups in total. The Morgan fingerprint density at radius 2 is 2.20 bits per heavy atom. The highest BCUT2D eigenvalue weighted by Gasteiger charge is 2.07. The maximum atomic E-state index is 11.8. The van der Waals surface area contributed by atoms with E-state index in [9.17, 15) is 9.59 Å². The molecule has 1 aromatic carbocycles. The van der Waals surface area contributed by atoms with E-state index in [-0.39, 0.29) is 17.2 Å². The molecule has 1 aromatic heterocycles. The molecule has 0 saturated carbocycles. The van der Waals surface area contributed by atoms with E-state index in [2.05, 4.69) is 31.2 Å². The zero-order chi connectivity index (χ0) is 14.5. The number of hydrogen-bond donors (Lipinski definition) is 2. The lowest BCUT2D eigenvalue weighted by atomic mass is 10.3. The number of thioether (sulfide) groups is 1. The van der Waals surface area contributed by atoms with E-state index >= 15 is 0 Å². The van der Waals surface area contributed by atoms with Gasteiger partial charge in [-0.15, -0.1) is 0 Å². The van der Waals surface area contributed by atoms with Crippen molar-refractivity contribution in [1.29, 1.82) is 0 Å². The molecule has 2 aromatic rings. The number of carbonyl (C=O) groups excluding carboxylic acids is 1. The lowest BCUT2D eigenvalue weighted by Gasteiger charge is -2.06. The van der Waals surface area contributed by atoms with Crippen molar-refractivity contribution in [2.45, 2.75) is 12.1 Å². The molecule has 7 heteroatoms. The first-order chi connectivity index (χ1) is 9.54. The van der Waals surface area contributed by atoms with Crippen molar-refractivity contribution in [3.63, 3.8) is 0 Å². The summed E-state index contributed by atoms with van der Waals surface area (Å²) in [5.41, 5.74) is 1.12. The highest BCUT2D eigenvalue weighted by atomic mass is 79.9. The zero-order valence-electron chi connectivity index (χ0n) is 10.6. The summed E-state index contributed by atoms with van der Waals surface area (Å²) in [6.07, 6.45) is 0. The minimum absolute atomic E-state index is 0.161. The summed E-state index contributed by atoms with van der Waals surface area (Å²) in [5, 5.41) is 3.23. The predicted octanol–water partition coefficient (Wildman–Crippen LogP) is 2.57. The summed E-state index contributed by atoms with van der Waals surface area (Å²) >= 11 is 4.55. The summed E-state index contributed by atoms with van der Waals surface area (Å²) < 4.78 is 0.820. The first-order valence-corrected chi connectivity index (χ1v) is 7.57. The van der Waals surface area contributed by atoms with E-state index < -0.39 is 0 Å². The third-order valence-corrected chi connectivity index (χ3v) is 3.90. The Morgan fingerprint density at radius 1 is 1.45 bits per heavy atom. The molecule has 0 fully saturated rings. The maximum Gasteiger partial charge on any atom is 0.251 e. The van der Waals surface area contributed by atoms with Crippen LogP contribution >= 0.6 is 27.7 Å². The van der Waals surface area contributed by atoms with Gasteiger partial charge in [-0.2, -0.15) is 0 Å². The van der Waals surface area contributed by atoms with Gasteiger partial charge in [-0.05, 0) is 35.0 Å². The van der Waals surface area contributed by atoms with Crippen molar-refractivity contribution < 1.29 is 4.79 Å². The number of anilines is 1. The number of aryl methyl sites for hydroxylation is 1. The van der Waals surface area contributed by atoms with Gasteiger partial charge >= 0.3 is 0 Å². The highest BCUT2D eigenvalue weighted by molar-refractivity contribution is 9.10. The van der Waals surface area contributed by atoms with Gasteiger partial charge in [-0.1, -0.05) is 23.9 Å². The number of para-hydroxylation sites is 1. The number of amides is 1. The number of hydrogen-bond acceptors (Lipinski definition) is 4. The van der Waals surface area contributed by atoms with Gasteiger partial charge in [-0.25, -0.2) is 4.98 Å². The van der Waals surface area contributed by atoms with Crippen LogP contribution < -0.4 is 10.9 Å². The predicted molar refractivity (Wildman–Crippen MR) is 83.1 cm³/mol. The van der Waals surface area contributed by atoms with Crippen LogP contribution in [0.2, 0.25) is 0 Å². The van der Waals surface area contributed by atoms with Crippen LogP contribution in [0.4, 0.5) is 5.69 Å². The Labute approximate surface area is 128 Å². The molecule has 104 valence electrons. The molecular formula is C13H12BrN3O2S. The van der Waals surface area contributed by atoms with Crippen LogP contribution in [-0.4, -0.2) is 21.6 Å². The molecule has 1 amide bonds. The zero-order valence-corrected chi connectivity index (χ0v) is 13.0. The number of aromatic amines is 1. The fourth-order valence-electron chi connectivity index (χ4n) is 1.50. The summed E-state index contributed by atoms with van der Waals surface area (Å²) in [6, 6.07) is 8.77. The van der Waals surface area contributed by atoms with E-state index in [0.29, 0.717) is 16.5 Å². The molecule has 0 bridgehead atoms. The van der Waals surface area contributed by atoms with Crippen LogP contribution in [0.15, 0.2) is 44.8 Å². The topological polar surface area (TPSA) is 74.8 Å². The monoisotopic (exact) mass is 353 g/mol. The standard InChI is InChI=1S/C13H12BrN3O2S/c1-8-6-11(18)17-13(15-8)20-7-12(19)16-10-5-3-2-4-9(10)14/h2-6H,7H2,1H3,(H,16,19)(H,15,17,18). The second kappa shape index (κ2) is 6.71. The second-order valence-electron chi connectivity index (χ2n) is 4.01. The van der Waals surface area contributed by atoms with Gasteiger partial charge in [-0.3, -0.25) is 9.59 Å². The summed E-state index contributed by atoms with van der Waals surface area (Å²) in [5.74, 6) is 0.0133. The number of halogens is 1. The quantitative estimate of drug-likeness (QED) is 0.654. The highest BCUT2D eigenvalue weighted by Crippen LogP contribution is 2.21. The van der Waals surface area contributed by atoms with Gasteiger partial charge in [0.15, 0.2) is 5.16 Å². The molecule has 20 heavy (non-hydrogen) atoms. The largest absolute Gasteiger partial charge is 0.324 e. The van der Waals surface area contributed by atoms with Gasteiger partial charge in [0, 0.05) is 16.2 Å². The second-order valence-corrected chi connectivity index (χ2v) is 5.83. The molecule has 0 spiro atoms. The first kappa shape index (κ1) is 14.8. The normalized spacial score (nSPS) is 10.3. The smallest absolute Gasteiger partial charge is 0.251 e. The number of aromatic nitrogens is 2. The van der Waals surface area contributed by atoms with Crippen LogP contribution in [0, 0.1) is 6.92 Å². The number of nitrogens with zero attached hydrogens (tertiary/aromatic N) is 1. The molecule has 2 rings (SSSR count). The van der Waals surface area contributed by atoms with Crippen molar-refractivity contribution in [3.8, 4) is 0 Å². The minimum Gasteiger partial charge on any atom is -0.324 e. The summed E-state index contributed by atoms with van der Waals surface area (Å²) in [4.78, 5) is 29.8. The summed E-state index contributed by atoms with van der Waals surface area (Å²) in [6.45, 7) is 1.74. The van der Waals surface area contributed by atoms with Crippen molar-refractivity contribution >= 4 is 39.3 Å². The molecule has 0 saturated heterocycles. The molecule has 0 radical (unpaired) electrons. The Hall–Kier alpha value is -1.60. The van der Waals surface area contributed by atoms with Gasteiger partial charge in [0.2, 0.25) is 5.91 Å². The molecule has 0 atom stereocenters. The Balaban J connectivity index is 1.96. The lowest BCUT2D eigenvalue weighted by Crippen LogP contribution is -2.15.